The first-order valence-corrected chi connectivity index (χ1v) is 8.07. The van der Waals surface area contributed by atoms with E-state index < -0.39 is 0 Å². The maximum absolute atomic E-state index is 9.64. The summed E-state index contributed by atoms with van der Waals surface area (Å²) in [5.41, 5.74) is 7.91. The van der Waals surface area contributed by atoms with Crippen LogP contribution < -0.4 is 5.73 Å². The summed E-state index contributed by atoms with van der Waals surface area (Å²) in [4.78, 5) is 2.57. The van der Waals surface area contributed by atoms with Crippen molar-refractivity contribution in [1.29, 1.82) is 0 Å². The molecule has 3 N–H and O–H groups in total. The summed E-state index contributed by atoms with van der Waals surface area (Å²) in [5.74, 6) is 0.326. The molecule has 1 heterocycles. The van der Waals surface area contributed by atoms with Gasteiger partial charge in [-0.2, -0.15) is 0 Å². The molecule has 0 bridgehead atoms. The van der Waals surface area contributed by atoms with E-state index in [-0.39, 0.29) is 11.6 Å². The van der Waals surface area contributed by atoms with Crippen LogP contribution in [-0.2, 0) is 11.2 Å². The average molecular weight is 290 g/mol. The Morgan fingerprint density at radius 2 is 1.95 bits per heavy atom. The summed E-state index contributed by atoms with van der Waals surface area (Å²) >= 11 is 0. The van der Waals surface area contributed by atoms with E-state index in [0.29, 0.717) is 5.75 Å². The highest BCUT2D eigenvalue weighted by molar-refractivity contribution is 5.28. The fraction of sp³-hybridized carbons (Fsp3) is 0.647. The maximum atomic E-state index is 9.64. The number of nitrogens with two attached hydrogens (primary N) is 1. The van der Waals surface area contributed by atoms with E-state index in [9.17, 15) is 5.11 Å². The van der Waals surface area contributed by atoms with Gasteiger partial charge in [0.15, 0.2) is 0 Å². The predicted molar refractivity (Wildman–Crippen MR) is 83.4 cm³/mol. The second-order valence-corrected chi connectivity index (χ2v) is 6.39. The number of ether oxygens (including phenoxy) is 1. The number of phenolic OH excluding ortho intramolecular Hbond substituents is 1. The summed E-state index contributed by atoms with van der Waals surface area (Å²) in [6, 6.07) is 7.61. The molecule has 4 nitrogen and oxygen atoms in total. The van der Waals surface area contributed by atoms with Crippen LogP contribution in [0.5, 0.6) is 5.75 Å². The number of aromatic hydroxyl groups is 1. The molecular weight excluding hydrogens is 264 g/mol. The monoisotopic (exact) mass is 290 g/mol. The van der Waals surface area contributed by atoms with Crippen LogP contribution in [0, 0.1) is 0 Å². The third-order valence-electron chi connectivity index (χ3n) is 5.17. The first-order chi connectivity index (χ1) is 10.2. The minimum atomic E-state index is 0.111. The largest absolute Gasteiger partial charge is 0.508 e. The number of benzene rings is 1. The molecular formula is C17H26N2O2. The van der Waals surface area contributed by atoms with Crippen molar-refractivity contribution >= 4 is 0 Å². The smallest absolute Gasteiger partial charge is 0.115 e. The molecule has 21 heavy (non-hydrogen) atoms. The highest BCUT2D eigenvalue weighted by Crippen LogP contribution is 2.39. The zero-order chi connectivity index (χ0) is 14.7. The van der Waals surface area contributed by atoms with Gasteiger partial charge in [0, 0.05) is 24.7 Å². The molecule has 3 rings (SSSR count). The molecule has 2 aliphatic rings. The van der Waals surface area contributed by atoms with Gasteiger partial charge >= 0.3 is 0 Å². The number of hydrogen-bond acceptors (Lipinski definition) is 4. The molecule has 1 saturated carbocycles. The van der Waals surface area contributed by atoms with Crippen LogP contribution in [0.25, 0.3) is 0 Å². The fourth-order valence-corrected chi connectivity index (χ4v) is 4.04. The number of hydrogen-bond donors (Lipinski definition) is 2. The lowest BCUT2D eigenvalue weighted by atomic mass is 9.82. The molecule has 0 radical (unpaired) electrons. The highest BCUT2D eigenvalue weighted by Gasteiger charge is 2.44. The Morgan fingerprint density at radius 3 is 2.62 bits per heavy atom. The Balaban J connectivity index is 1.76. The lowest BCUT2D eigenvalue weighted by molar-refractivity contribution is -0.0305. The van der Waals surface area contributed by atoms with E-state index in [4.69, 9.17) is 10.5 Å². The molecule has 0 amide bonds. The molecule has 1 aromatic rings. The SMILES string of the molecule is NC(Cc1cccc(O)c1)C1(N2CCOCC2)CCCC1. The van der Waals surface area contributed by atoms with Crippen molar-refractivity contribution in [3.8, 4) is 5.75 Å². The van der Waals surface area contributed by atoms with Gasteiger partial charge in [0.1, 0.15) is 5.75 Å². The van der Waals surface area contributed by atoms with Gasteiger partial charge in [0.05, 0.1) is 13.2 Å². The molecule has 1 aliphatic carbocycles. The molecule has 0 aromatic heterocycles. The summed E-state index contributed by atoms with van der Waals surface area (Å²) in [5, 5.41) is 9.64. The van der Waals surface area contributed by atoms with Crippen molar-refractivity contribution in [2.75, 3.05) is 26.3 Å². The number of rotatable bonds is 4. The van der Waals surface area contributed by atoms with E-state index in [2.05, 4.69) is 11.0 Å². The van der Waals surface area contributed by atoms with Gasteiger partial charge in [-0.15, -0.1) is 0 Å². The summed E-state index contributed by atoms with van der Waals surface area (Å²) < 4.78 is 5.50. The molecule has 116 valence electrons. The third kappa shape index (κ3) is 3.07. The molecule has 1 aliphatic heterocycles. The van der Waals surface area contributed by atoms with E-state index >= 15 is 0 Å². The van der Waals surface area contributed by atoms with Gasteiger partial charge in [-0.25, -0.2) is 0 Å². The Bertz CT molecular complexity index is 466. The van der Waals surface area contributed by atoms with Crippen LogP contribution in [0.2, 0.25) is 0 Å². The molecule has 1 atom stereocenters. The van der Waals surface area contributed by atoms with Crippen molar-refractivity contribution in [2.24, 2.45) is 5.73 Å². The lowest BCUT2D eigenvalue weighted by Gasteiger charge is -2.47. The van der Waals surface area contributed by atoms with Gasteiger partial charge in [-0.1, -0.05) is 25.0 Å². The molecule has 2 fully saturated rings. The Hall–Kier alpha value is -1.10. The van der Waals surface area contributed by atoms with Crippen LogP contribution >= 0.6 is 0 Å². The standard InChI is InChI=1S/C17H26N2O2/c18-16(13-14-4-3-5-15(20)12-14)17(6-1-2-7-17)19-8-10-21-11-9-19/h3-5,12,16,20H,1-2,6-11,13,18H2. The highest BCUT2D eigenvalue weighted by atomic mass is 16.5. The van der Waals surface area contributed by atoms with E-state index in [1.165, 1.54) is 25.7 Å². The molecule has 1 aromatic carbocycles. The normalized spacial score (nSPS) is 24.0. The van der Waals surface area contributed by atoms with Crippen molar-refractivity contribution < 1.29 is 9.84 Å². The first-order valence-electron chi connectivity index (χ1n) is 8.07. The molecule has 0 spiro atoms. The first kappa shape index (κ1) is 14.8. The van der Waals surface area contributed by atoms with Crippen LogP contribution in [0.3, 0.4) is 0 Å². The van der Waals surface area contributed by atoms with Gasteiger partial charge in [0.25, 0.3) is 0 Å². The van der Waals surface area contributed by atoms with Gasteiger partial charge in [-0.05, 0) is 37.0 Å². The summed E-state index contributed by atoms with van der Waals surface area (Å²) in [7, 11) is 0. The average Bonchev–Trinajstić information content (AvgIpc) is 2.99. The lowest BCUT2D eigenvalue weighted by Crippen LogP contribution is -2.61. The zero-order valence-corrected chi connectivity index (χ0v) is 12.6. The minimum Gasteiger partial charge on any atom is -0.508 e. The fourth-order valence-electron chi connectivity index (χ4n) is 4.04. The van der Waals surface area contributed by atoms with Crippen molar-refractivity contribution in [3.63, 3.8) is 0 Å². The van der Waals surface area contributed by atoms with Crippen molar-refractivity contribution in [2.45, 2.75) is 43.7 Å². The second-order valence-electron chi connectivity index (χ2n) is 6.39. The van der Waals surface area contributed by atoms with Crippen LogP contribution in [0.1, 0.15) is 31.2 Å². The minimum absolute atomic E-state index is 0.111. The van der Waals surface area contributed by atoms with Gasteiger partial charge in [0.2, 0.25) is 0 Å². The van der Waals surface area contributed by atoms with Crippen molar-refractivity contribution in [3.05, 3.63) is 29.8 Å². The van der Waals surface area contributed by atoms with Crippen LogP contribution in [0.15, 0.2) is 24.3 Å². The second kappa shape index (κ2) is 6.34. The third-order valence-corrected chi connectivity index (χ3v) is 5.17. The Labute approximate surface area is 126 Å². The number of phenols is 1. The van der Waals surface area contributed by atoms with Crippen LogP contribution in [0.4, 0.5) is 0 Å². The van der Waals surface area contributed by atoms with Crippen LogP contribution in [-0.4, -0.2) is 47.9 Å². The van der Waals surface area contributed by atoms with Gasteiger partial charge in [-0.3, -0.25) is 4.90 Å². The number of nitrogens with zero attached hydrogens (tertiary/aromatic N) is 1. The zero-order valence-electron chi connectivity index (χ0n) is 12.6. The molecule has 1 unspecified atom stereocenters. The molecule has 4 heteroatoms. The summed E-state index contributed by atoms with van der Waals surface area (Å²) in [6.45, 7) is 3.63. The van der Waals surface area contributed by atoms with E-state index in [0.717, 1.165) is 38.3 Å². The Kier molecular flexibility index (Phi) is 4.48. The predicted octanol–water partition coefficient (Wildman–Crippen LogP) is 1.91. The topological polar surface area (TPSA) is 58.7 Å². The van der Waals surface area contributed by atoms with Crippen molar-refractivity contribution in [1.82, 2.24) is 4.90 Å². The quantitative estimate of drug-likeness (QED) is 0.889. The van der Waals surface area contributed by atoms with E-state index in [1.54, 1.807) is 6.07 Å². The van der Waals surface area contributed by atoms with E-state index in [1.807, 2.05) is 12.1 Å². The Morgan fingerprint density at radius 1 is 1.24 bits per heavy atom. The maximum Gasteiger partial charge on any atom is 0.115 e. The molecule has 1 saturated heterocycles. The van der Waals surface area contributed by atoms with Gasteiger partial charge < -0.3 is 15.6 Å². The summed E-state index contributed by atoms with van der Waals surface area (Å²) in [6.07, 6.45) is 5.74. The number of morpholine rings is 1.